The van der Waals surface area contributed by atoms with Crippen LogP contribution in [0.5, 0.6) is 11.5 Å². The van der Waals surface area contributed by atoms with Crippen LogP contribution < -0.4 is 10.1 Å². The number of pyridine rings is 1. The molecule has 25 heavy (non-hydrogen) atoms. The Morgan fingerprint density at radius 2 is 1.80 bits per heavy atom. The molecule has 2 N–H and O–H groups in total. The largest absolute Gasteiger partial charge is 0.456 e. The topological polar surface area (TPSA) is 71.5 Å². The van der Waals surface area contributed by atoms with Crippen molar-refractivity contribution in [2.75, 3.05) is 5.32 Å². The van der Waals surface area contributed by atoms with Crippen LogP contribution in [0.25, 0.3) is 0 Å². The summed E-state index contributed by atoms with van der Waals surface area (Å²) in [6.07, 6.45) is 2.63. The average molecular weight is 334 g/mol. The van der Waals surface area contributed by atoms with E-state index >= 15 is 0 Å². The number of nitrogens with zero attached hydrogens (tertiary/aromatic N) is 1. The van der Waals surface area contributed by atoms with E-state index in [1.165, 1.54) is 0 Å². The van der Waals surface area contributed by atoms with E-state index in [1.54, 1.807) is 67.8 Å². The number of nitrogens with one attached hydrogen (secondary N) is 1. The third kappa shape index (κ3) is 4.22. The molecule has 0 fully saturated rings. The molecule has 2 aromatic carbocycles. The molecule has 1 atom stereocenters. The zero-order chi connectivity index (χ0) is 17.6. The highest BCUT2D eigenvalue weighted by Gasteiger charge is 2.11. The van der Waals surface area contributed by atoms with Gasteiger partial charge in [-0.2, -0.15) is 0 Å². The summed E-state index contributed by atoms with van der Waals surface area (Å²) < 4.78 is 5.65. The molecular weight excluding hydrogens is 316 g/mol. The SMILES string of the molecule is CC(O)c1ccccc1NC(=O)c1ccc(Oc2cccnc2)cc1. The van der Waals surface area contributed by atoms with Gasteiger partial charge in [-0.15, -0.1) is 0 Å². The molecule has 0 radical (unpaired) electrons. The van der Waals surface area contributed by atoms with E-state index in [0.29, 0.717) is 28.3 Å². The Balaban J connectivity index is 1.71. The van der Waals surface area contributed by atoms with Gasteiger partial charge >= 0.3 is 0 Å². The molecule has 1 amide bonds. The summed E-state index contributed by atoms with van der Waals surface area (Å²) in [4.78, 5) is 16.4. The molecular formula is C20H18N2O3. The third-order valence-corrected chi connectivity index (χ3v) is 3.65. The lowest BCUT2D eigenvalue weighted by atomic mass is 10.1. The number of hydrogen-bond acceptors (Lipinski definition) is 4. The molecule has 0 saturated heterocycles. The van der Waals surface area contributed by atoms with Crippen LogP contribution in [0.1, 0.15) is 28.9 Å². The monoisotopic (exact) mass is 334 g/mol. The first-order valence-electron chi connectivity index (χ1n) is 7.90. The molecule has 3 rings (SSSR count). The van der Waals surface area contributed by atoms with Crippen molar-refractivity contribution in [3.63, 3.8) is 0 Å². The molecule has 0 aliphatic carbocycles. The number of amides is 1. The van der Waals surface area contributed by atoms with Crippen molar-refractivity contribution in [2.24, 2.45) is 0 Å². The van der Waals surface area contributed by atoms with Gasteiger partial charge in [0.1, 0.15) is 11.5 Å². The van der Waals surface area contributed by atoms with Crippen LogP contribution in [-0.4, -0.2) is 16.0 Å². The van der Waals surface area contributed by atoms with Crippen LogP contribution in [0, 0.1) is 0 Å². The summed E-state index contributed by atoms with van der Waals surface area (Å²) in [5.74, 6) is 1.00. The van der Waals surface area contributed by atoms with Crippen molar-refractivity contribution < 1.29 is 14.6 Å². The van der Waals surface area contributed by atoms with Gasteiger partial charge in [-0.3, -0.25) is 9.78 Å². The van der Waals surface area contributed by atoms with E-state index in [4.69, 9.17) is 4.74 Å². The van der Waals surface area contributed by atoms with Crippen molar-refractivity contribution >= 4 is 11.6 Å². The van der Waals surface area contributed by atoms with Gasteiger partial charge in [-0.1, -0.05) is 18.2 Å². The number of carbonyl (C=O) groups is 1. The first kappa shape index (κ1) is 16.7. The Kier molecular flexibility index (Phi) is 5.06. The molecule has 0 spiro atoms. The van der Waals surface area contributed by atoms with Gasteiger partial charge < -0.3 is 15.2 Å². The molecule has 126 valence electrons. The highest BCUT2D eigenvalue weighted by molar-refractivity contribution is 6.04. The van der Waals surface area contributed by atoms with Gasteiger partial charge in [-0.05, 0) is 49.4 Å². The van der Waals surface area contributed by atoms with Crippen LogP contribution >= 0.6 is 0 Å². The van der Waals surface area contributed by atoms with Crippen molar-refractivity contribution in [2.45, 2.75) is 13.0 Å². The second-order valence-electron chi connectivity index (χ2n) is 5.53. The number of anilines is 1. The van der Waals surface area contributed by atoms with E-state index in [2.05, 4.69) is 10.3 Å². The fourth-order valence-corrected chi connectivity index (χ4v) is 2.39. The van der Waals surface area contributed by atoms with Gasteiger partial charge in [0.2, 0.25) is 0 Å². The lowest BCUT2D eigenvalue weighted by Crippen LogP contribution is -2.13. The minimum Gasteiger partial charge on any atom is -0.456 e. The molecule has 5 nitrogen and oxygen atoms in total. The van der Waals surface area contributed by atoms with Crippen LogP contribution in [0.2, 0.25) is 0 Å². The van der Waals surface area contributed by atoms with E-state index in [0.717, 1.165) is 0 Å². The second-order valence-corrected chi connectivity index (χ2v) is 5.53. The summed E-state index contributed by atoms with van der Waals surface area (Å²) in [5.41, 5.74) is 1.77. The smallest absolute Gasteiger partial charge is 0.255 e. The van der Waals surface area contributed by atoms with Gasteiger partial charge in [-0.25, -0.2) is 0 Å². The number of para-hydroxylation sites is 1. The number of benzene rings is 2. The number of carbonyl (C=O) groups excluding carboxylic acids is 1. The standard InChI is InChI=1S/C20H18N2O3/c1-14(23)18-6-2-3-7-19(18)22-20(24)15-8-10-16(11-9-15)25-17-5-4-12-21-13-17/h2-14,23H,1H3,(H,22,24). The van der Waals surface area contributed by atoms with Crippen molar-refractivity contribution in [1.82, 2.24) is 4.98 Å². The number of ether oxygens (including phenoxy) is 1. The maximum absolute atomic E-state index is 12.4. The Labute approximate surface area is 145 Å². The average Bonchev–Trinajstić information content (AvgIpc) is 2.63. The van der Waals surface area contributed by atoms with Gasteiger partial charge in [0.25, 0.3) is 5.91 Å². The zero-order valence-electron chi connectivity index (χ0n) is 13.7. The summed E-state index contributed by atoms with van der Waals surface area (Å²) in [7, 11) is 0. The minimum atomic E-state index is -0.660. The van der Waals surface area contributed by atoms with E-state index in [1.807, 2.05) is 12.1 Å². The second kappa shape index (κ2) is 7.59. The Morgan fingerprint density at radius 1 is 1.04 bits per heavy atom. The van der Waals surface area contributed by atoms with E-state index < -0.39 is 6.10 Å². The molecule has 1 heterocycles. The molecule has 1 unspecified atom stereocenters. The first-order chi connectivity index (χ1) is 12.1. The van der Waals surface area contributed by atoms with Crippen molar-refractivity contribution in [3.05, 3.63) is 84.2 Å². The molecule has 1 aromatic heterocycles. The maximum Gasteiger partial charge on any atom is 0.255 e. The Hall–Kier alpha value is -3.18. The number of aliphatic hydroxyl groups excluding tert-OH is 1. The van der Waals surface area contributed by atoms with Gasteiger partial charge in [0.05, 0.1) is 12.3 Å². The van der Waals surface area contributed by atoms with Crippen LogP contribution in [-0.2, 0) is 0 Å². The minimum absolute atomic E-state index is 0.249. The number of aliphatic hydroxyl groups is 1. The van der Waals surface area contributed by atoms with E-state index in [9.17, 15) is 9.90 Å². The molecule has 3 aromatic rings. The molecule has 0 saturated carbocycles. The van der Waals surface area contributed by atoms with Crippen molar-refractivity contribution in [3.8, 4) is 11.5 Å². The number of rotatable bonds is 5. The van der Waals surface area contributed by atoms with Crippen LogP contribution in [0.3, 0.4) is 0 Å². The predicted octanol–water partition coefficient (Wildman–Crippen LogP) is 4.18. The third-order valence-electron chi connectivity index (χ3n) is 3.65. The molecule has 0 aliphatic heterocycles. The van der Waals surface area contributed by atoms with Crippen molar-refractivity contribution in [1.29, 1.82) is 0 Å². The summed E-state index contributed by atoms with van der Waals surface area (Å²) in [5, 5.41) is 12.6. The van der Waals surface area contributed by atoms with Crippen LogP contribution in [0.4, 0.5) is 5.69 Å². The molecule has 0 aliphatic rings. The Bertz CT molecular complexity index is 846. The highest BCUT2D eigenvalue weighted by Crippen LogP contribution is 2.24. The molecule has 0 bridgehead atoms. The van der Waals surface area contributed by atoms with Gasteiger partial charge in [0.15, 0.2) is 0 Å². The molecule has 5 heteroatoms. The lowest BCUT2D eigenvalue weighted by Gasteiger charge is -2.13. The number of hydrogen-bond donors (Lipinski definition) is 2. The van der Waals surface area contributed by atoms with Crippen LogP contribution in [0.15, 0.2) is 73.1 Å². The lowest BCUT2D eigenvalue weighted by molar-refractivity contribution is 0.102. The summed E-state index contributed by atoms with van der Waals surface area (Å²) in [6, 6.07) is 17.6. The normalized spacial score (nSPS) is 11.6. The van der Waals surface area contributed by atoms with Gasteiger partial charge in [0, 0.05) is 23.0 Å². The fourth-order valence-electron chi connectivity index (χ4n) is 2.39. The maximum atomic E-state index is 12.4. The summed E-state index contributed by atoms with van der Waals surface area (Å²) in [6.45, 7) is 1.66. The number of aromatic nitrogens is 1. The fraction of sp³-hybridized carbons (Fsp3) is 0.100. The highest BCUT2D eigenvalue weighted by atomic mass is 16.5. The van der Waals surface area contributed by atoms with E-state index in [-0.39, 0.29) is 5.91 Å². The Morgan fingerprint density at radius 3 is 2.48 bits per heavy atom. The first-order valence-corrected chi connectivity index (χ1v) is 7.90. The predicted molar refractivity (Wildman–Crippen MR) is 95.8 cm³/mol. The summed E-state index contributed by atoms with van der Waals surface area (Å²) >= 11 is 0. The zero-order valence-corrected chi connectivity index (χ0v) is 13.7. The quantitative estimate of drug-likeness (QED) is 0.734.